The van der Waals surface area contributed by atoms with Gasteiger partial charge in [0.1, 0.15) is 0 Å². The van der Waals surface area contributed by atoms with Gasteiger partial charge in [-0.25, -0.2) is 9.97 Å². The fraction of sp³-hybridized carbons (Fsp3) is 0.143. The molecule has 96 valence electrons. The molecule has 0 saturated heterocycles. The molecule has 0 aliphatic heterocycles. The Labute approximate surface area is 115 Å². The number of rotatable bonds is 4. The van der Waals surface area contributed by atoms with Crippen molar-refractivity contribution in [2.24, 2.45) is 5.73 Å². The summed E-state index contributed by atoms with van der Waals surface area (Å²) in [5, 5.41) is 2.05. The SMILES string of the molecule is NCCc1cccn1-c1nccc(-c2cccs2)n1. The summed E-state index contributed by atoms with van der Waals surface area (Å²) in [5.74, 6) is 0.694. The van der Waals surface area contributed by atoms with Gasteiger partial charge in [-0.15, -0.1) is 11.3 Å². The topological polar surface area (TPSA) is 56.7 Å². The highest BCUT2D eigenvalue weighted by atomic mass is 32.1. The van der Waals surface area contributed by atoms with Gasteiger partial charge in [0.2, 0.25) is 5.95 Å². The Hall–Kier alpha value is -1.98. The predicted molar refractivity (Wildman–Crippen MR) is 77.4 cm³/mol. The summed E-state index contributed by atoms with van der Waals surface area (Å²) in [5.41, 5.74) is 7.70. The fourth-order valence-electron chi connectivity index (χ4n) is 1.99. The monoisotopic (exact) mass is 270 g/mol. The number of nitrogens with zero attached hydrogens (tertiary/aromatic N) is 3. The molecule has 0 radical (unpaired) electrons. The van der Waals surface area contributed by atoms with Crippen molar-refractivity contribution in [2.75, 3.05) is 6.54 Å². The molecule has 0 aliphatic rings. The van der Waals surface area contributed by atoms with Crippen molar-refractivity contribution in [1.82, 2.24) is 14.5 Å². The van der Waals surface area contributed by atoms with Crippen molar-refractivity contribution in [3.63, 3.8) is 0 Å². The van der Waals surface area contributed by atoms with Gasteiger partial charge in [-0.1, -0.05) is 6.07 Å². The van der Waals surface area contributed by atoms with Crippen LogP contribution in [0.2, 0.25) is 0 Å². The maximum absolute atomic E-state index is 5.62. The normalized spacial score (nSPS) is 10.8. The Kier molecular flexibility index (Phi) is 3.39. The van der Waals surface area contributed by atoms with Gasteiger partial charge in [0.05, 0.1) is 10.6 Å². The van der Waals surface area contributed by atoms with E-state index in [2.05, 4.69) is 16.0 Å². The van der Waals surface area contributed by atoms with Crippen LogP contribution in [0.4, 0.5) is 0 Å². The van der Waals surface area contributed by atoms with Gasteiger partial charge in [0.15, 0.2) is 0 Å². The molecule has 0 spiro atoms. The first kappa shape index (κ1) is 12.1. The first-order chi connectivity index (χ1) is 9.38. The van der Waals surface area contributed by atoms with Gasteiger partial charge in [0, 0.05) is 24.5 Å². The fourth-order valence-corrected chi connectivity index (χ4v) is 2.68. The van der Waals surface area contributed by atoms with E-state index < -0.39 is 0 Å². The number of hydrogen-bond donors (Lipinski definition) is 1. The van der Waals surface area contributed by atoms with Gasteiger partial charge in [-0.3, -0.25) is 4.57 Å². The van der Waals surface area contributed by atoms with E-state index in [4.69, 9.17) is 5.73 Å². The van der Waals surface area contributed by atoms with E-state index in [-0.39, 0.29) is 0 Å². The van der Waals surface area contributed by atoms with Crippen molar-refractivity contribution < 1.29 is 0 Å². The Morgan fingerprint density at radius 1 is 1.21 bits per heavy atom. The van der Waals surface area contributed by atoms with E-state index in [9.17, 15) is 0 Å². The summed E-state index contributed by atoms with van der Waals surface area (Å²) in [6.07, 6.45) is 4.59. The molecule has 2 N–H and O–H groups in total. The molecule has 5 heteroatoms. The van der Waals surface area contributed by atoms with Crippen molar-refractivity contribution in [3.05, 3.63) is 53.8 Å². The van der Waals surface area contributed by atoms with Crippen LogP contribution in [0.5, 0.6) is 0 Å². The molecule has 3 heterocycles. The molecule has 0 aliphatic carbocycles. The molecule has 3 rings (SSSR count). The van der Waals surface area contributed by atoms with Gasteiger partial charge >= 0.3 is 0 Å². The van der Waals surface area contributed by atoms with Crippen LogP contribution in [0.15, 0.2) is 48.1 Å². The highest BCUT2D eigenvalue weighted by Crippen LogP contribution is 2.23. The van der Waals surface area contributed by atoms with Gasteiger partial charge in [0.25, 0.3) is 0 Å². The second kappa shape index (κ2) is 5.34. The molecule has 0 unspecified atom stereocenters. The third-order valence-corrected chi connectivity index (χ3v) is 3.76. The number of aromatic nitrogens is 3. The lowest BCUT2D eigenvalue weighted by Crippen LogP contribution is -2.09. The zero-order chi connectivity index (χ0) is 13.1. The van der Waals surface area contributed by atoms with Crippen LogP contribution < -0.4 is 5.73 Å². The molecule has 0 amide bonds. The van der Waals surface area contributed by atoms with Crippen molar-refractivity contribution in [2.45, 2.75) is 6.42 Å². The van der Waals surface area contributed by atoms with E-state index in [1.54, 1.807) is 17.5 Å². The second-order valence-corrected chi connectivity index (χ2v) is 5.08. The molecular formula is C14H14N4S. The zero-order valence-corrected chi connectivity index (χ0v) is 11.2. The maximum atomic E-state index is 5.62. The molecule has 0 saturated carbocycles. The third-order valence-electron chi connectivity index (χ3n) is 2.87. The minimum atomic E-state index is 0.620. The average Bonchev–Trinajstić information content (AvgIpc) is 3.10. The molecule has 19 heavy (non-hydrogen) atoms. The molecule has 3 aromatic rings. The highest BCUT2D eigenvalue weighted by Gasteiger charge is 2.07. The molecule has 0 bridgehead atoms. The van der Waals surface area contributed by atoms with Crippen LogP contribution >= 0.6 is 11.3 Å². The Morgan fingerprint density at radius 3 is 2.95 bits per heavy atom. The minimum absolute atomic E-state index is 0.620. The van der Waals surface area contributed by atoms with Crippen LogP contribution in [0.3, 0.4) is 0 Å². The van der Waals surface area contributed by atoms with Crippen LogP contribution in [-0.2, 0) is 6.42 Å². The van der Waals surface area contributed by atoms with Crippen molar-refractivity contribution >= 4 is 11.3 Å². The van der Waals surface area contributed by atoms with Gasteiger partial charge in [-0.2, -0.15) is 0 Å². The van der Waals surface area contributed by atoms with E-state index in [1.807, 2.05) is 40.4 Å². The predicted octanol–water partition coefficient (Wildman–Crippen LogP) is 2.50. The summed E-state index contributed by atoms with van der Waals surface area (Å²) in [7, 11) is 0. The summed E-state index contributed by atoms with van der Waals surface area (Å²) in [6.45, 7) is 0.620. The molecule has 3 aromatic heterocycles. The summed E-state index contributed by atoms with van der Waals surface area (Å²) < 4.78 is 1.99. The quantitative estimate of drug-likeness (QED) is 0.792. The Balaban J connectivity index is 2.01. The van der Waals surface area contributed by atoms with Crippen LogP contribution in [0.25, 0.3) is 16.5 Å². The van der Waals surface area contributed by atoms with Gasteiger partial charge in [-0.05, 0) is 36.2 Å². The van der Waals surface area contributed by atoms with E-state index in [0.717, 1.165) is 22.7 Å². The first-order valence-corrected chi connectivity index (χ1v) is 7.00. The molecule has 0 fully saturated rings. The van der Waals surface area contributed by atoms with Crippen molar-refractivity contribution in [3.8, 4) is 16.5 Å². The third kappa shape index (κ3) is 2.43. The summed E-state index contributed by atoms with van der Waals surface area (Å²) in [6, 6.07) is 10.1. The molecule has 0 aromatic carbocycles. The van der Waals surface area contributed by atoms with Crippen LogP contribution in [0.1, 0.15) is 5.69 Å². The second-order valence-electron chi connectivity index (χ2n) is 4.13. The van der Waals surface area contributed by atoms with Crippen LogP contribution in [0, 0.1) is 0 Å². The standard InChI is InChI=1S/C14H14N4S/c15-7-5-11-3-1-9-18(11)14-16-8-6-12(17-14)13-4-2-10-19-13/h1-4,6,8-10H,5,7,15H2. The maximum Gasteiger partial charge on any atom is 0.234 e. The largest absolute Gasteiger partial charge is 0.330 e. The summed E-state index contributed by atoms with van der Waals surface area (Å²) >= 11 is 1.68. The van der Waals surface area contributed by atoms with Crippen LogP contribution in [-0.4, -0.2) is 21.1 Å². The lowest BCUT2D eigenvalue weighted by molar-refractivity contribution is 0.833. The molecule has 0 atom stereocenters. The van der Waals surface area contributed by atoms with Gasteiger partial charge < -0.3 is 5.73 Å². The first-order valence-electron chi connectivity index (χ1n) is 6.12. The molecular weight excluding hydrogens is 256 g/mol. The Morgan fingerprint density at radius 2 is 2.16 bits per heavy atom. The zero-order valence-electron chi connectivity index (χ0n) is 10.4. The molecule has 4 nitrogen and oxygen atoms in total. The van der Waals surface area contributed by atoms with E-state index in [0.29, 0.717) is 12.5 Å². The Bertz CT molecular complexity index is 658. The van der Waals surface area contributed by atoms with Crippen molar-refractivity contribution in [1.29, 1.82) is 0 Å². The highest BCUT2D eigenvalue weighted by molar-refractivity contribution is 7.13. The minimum Gasteiger partial charge on any atom is -0.330 e. The van der Waals surface area contributed by atoms with E-state index >= 15 is 0 Å². The smallest absolute Gasteiger partial charge is 0.234 e. The lowest BCUT2D eigenvalue weighted by Gasteiger charge is -2.07. The lowest BCUT2D eigenvalue weighted by atomic mass is 10.3. The van der Waals surface area contributed by atoms with E-state index in [1.165, 1.54) is 0 Å². The summed E-state index contributed by atoms with van der Waals surface area (Å²) in [4.78, 5) is 10.1. The number of nitrogens with two attached hydrogens (primary N) is 1. The average molecular weight is 270 g/mol. The number of hydrogen-bond acceptors (Lipinski definition) is 4. The number of thiophene rings is 1.